The van der Waals surface area contributed by atoms with Crippen molar-refractivity contribution < 1.29 is 8.78 Å². The number of rotatable bonds is 2. The van der Waals surface area contributed by atoms with E-state index in [9.17, 15) is 8.78 Å². The van der Waals surface area contributed by atoms with Crippen molar-refractivity contribution in [2.24, 2.45) is 0 Å². The first-order valence-corrected chi connectivity index (χ1v) is 5.53. The molecule has 0 aliphatic heterocycles. The summed E-state index contributed by atoms with van der Waals surface area (Å²) < 4.78 is 26.3. The van der Waals surface area contributed by atoms with Gasteiger partial charge in [0.05, 0.1) is 5.56 Å². The van der Waals surface area contributed by atoms with E-state index in [1.54, 1.807) is 18.2 Å². The van der Waals surface area contributed by atoms with Crippen LogP contribution in [-0.4, -0.2) is 0 Å². The minimum Gasteiger partial charge on any atom is -0.207 e. The standard InChI is InChI=1S/C15H11F2N/c1-10-2-4-14(16)8-12(10)6-11-3-5-15(17)13(7-11)9-18/h2-5,7-8H,6H2,1H3. The van der Waals surface area contributed by atoms with Crippen LogP contribution in [0.1, 0.15) is 22.3 Å². The minimum atomic E-state index is -0.530. The molecule has 0 bridgehead atoms. The third kappa shape index (κ3) is 2.54. The van der Waals surface area contributed by atoms with Crippen molar-refractivity contribution in [3.05, 3.63) is 70.3 Å². The van der Waals surface area contributed by atoms with Crippen LogP contribution >= 0.6 is 0 Å². The van der Waals surface area contributed by atoms with Gasteiger partial charge in [-0.05, 0) is 54.3 Å². The third-order valence-corrected chi connectivity index (χ3v) is 2.86. The van der Waals surface area contributed by atoms with Crippen LogP contribution in [0.4, 0.5) is 8.78 Å². The maximum Gasteiger partial charge on any atom is 0.140 e. The zero-order valence-corrected chi connectivity index (χ0v) is 9.87. The third-order valence-electron chi connectivity index (χ3n) is 2.86. The summed E-state index contributed by atoms with van der Waals surface area (Å²) in [5, 5.41) is 8.76. The van der Waals surface area contributed by atoms with Crippen molar-refractivity contribution in [3.63, 3.8) is 0 Å². The van der Waals surface area contributed by atoms with E-state index in [-0.39, 0.29) is 11.4 Å². The number of nitrogens with zero attached hydrogens (tertiary/aromatic N) is 1. The Kier molecular flexibility index (Phi) is 3.38. The molecule has 0 fully saturated rings. The second kappa shape index (κ2) is 4.97. The average Bonchev–Trinajstić information content (AvgIpc) is 2.36. The van der Waals surface area contributed by atoms with E-state index in [2.05, 4.69) is 0 Å². The molecule has 0 heterocycles. The van der Waals surface area contributed by atoms with E-state index in [0.717, 1.165) is 16.7 Å². The number of nitriles is 1. The molecule has 0 spiro atoms. The summed E-state index contributed by atoms with van der Waals surface area (Å²) in [5.74, 6) is -0.824. The minimum absolute atomic E-state index is 0.0153. The molecule has 0 aliphatic rings. The fourth-order valence-corrected chi connectivity index (χ4v) is 1.82. The van der Waals surface area contributed by atoms with Crippen LogP contribution in [0.15, 0.2) is 36.4 Å². The van der Waals surface area contributed by atoms with Crippen LogP contribution in [-0.2, 0) is 6.42 Å². The zero-order valence-electron chi connectivity index (χ0n) is 9.87. The quantitative estimate of drug-likeness (QED) is 0.788. The molecular formula is C15H11F2N. The lowest BCUT2D eigenvalue weighted by atomic mass is 9.99. The summed E-state index contributed by atoms with van der Waals surface area (Å²) in [4.78, 5) is 0. The molecule has 2 rings (SSSR count). The highest BCUT2D eigenvalue weighted by Crippen LogP contribution is 2.17. The Bertz CT molecular complexity index is 627. The highest BCUT2D eigenvalue weighted by molar-refractivity contribution is 5.38. The summed E-state index contributed by atoms with van der Waals surface area (Å²) >= 11 is 0. The van der Waals surface area contributed by atoms with Gasteiger partial charge in [0.15, 0.2) is 0 Å². The topological polar surface area (TPSA) is 23.8 Å². The Balaban J connectivity index is 2.34. The van der Waals surface area contributed by atoms with Crippen molar-refractivity contribution in [2.45, 2.75) is 13.3 Å². The smallest absolute Gasteiger partial charge is 0.140 e. The fourth-order valence-electron chi connectivity index (χ4n) is 1.82. The first kappa shape index (κ1) is 12.3. The molecule has 0 N–H and O–H groups in total. The number of halogens is 2. The summed E-state index contributed by atoms with van der Waals surface area (Å²) in [6.45, 7) is 1.89. The van der Waals surface area contributed by atoms with Crippen LogP contribution in [0.5, 0.6) is 0 Å². The van der Waals surface area contributed by atoms with E-state index in [1.807, 2.05) is 6.92 Å². The highest BCUT2D eigenvalue weighted by Gasteiger charge is 2.06. The van der Waals surface area contributed by atoms with Crippen molar-refractivity contribution in [1.82, 2.24) is 0 Å². The lowest BCUT2D eigenvalue weighted by molar-refractivity contribution is 0.622. The van der Waals surface area contributed by atoms with Crippen LogP contribution in [0, 0.1) is 29.9 Å². The molecule has 1 nitrogen and oxygen atoms in total. The largest absolute Gasteiger partial charge is 0.207 e. The highest BCUT2D eigenvalue weighted by atomic mass is 19.1. The van der Waals surface area contributed by atoms with E-state index >= 15 is 0 Å². The van der Waals surface area contributed by atoms with Gasteiger partial charge in [-0.3, -0.25) is 0 Å². The van der Waals surface area contributed by atoms with Gasteiger partial charge in [0.2, 0.25) is 0 Å². The molecule has 18 heavy (non-hydrogen) atoms. The van der Waals surface area contributed by atoms with Gasteiger partial charge in [-0.2, -0.15) is 5.26 Å². The maximum absolute atomic E-state index is 13.2. The van der Waals surface area contributed by atoms with Crippen LogP contribution < -0.4 is 0 Å². The van der Waals surface area contributed by atoms with E-state index < -0.39 is 5.82 Å². The van der Waals surface area contributed by atoms with Gasteiger partial charge in [-0.1, -0.05) is 12.1 Å². The van der Waals surface area contributed by atoms with Gasteiger partial charge in [-0.15, -0.1) is 0 Å². The predicted molar refractivity (Wildman–Crippen MR) is 65.1 cm³/mol. The number of hydrogen-bond donors (Lipinski definition) is 0. The lowest BCUT2D eigenvalue weighted by Crippen LogP contribution is -1.95. The zero-order chi connectivity index (χ0) is 13.1. The number of aryl methyl sites for hydroxylation is 1. The summed E-state index contributed by atoms with van der Waals surface area (Å²) in [6.07, 6.45) is 0.485. The van der Waals surface area contributed by atoms with E-state index in [0.29, 0.717) is 6.42 Å². The Labute approximate surface area is 104 Å². The lowest BCUT2D eigenvalue weighted by Gasteiger charge is -2.07. The van der Waals surface area contributed by atoms with Crippen LogP contribution in [0.25, 0.3) is 0 Å². The Morgan fingerprint density at radius 1 is 1.11 bits per heavy atom. The molecule has 0 aromatic heterocycles. The SMILES string of the molecule is Cc1ccc(F)cc1Cc1ccc(F)c(C#N)c1. The number of benzene rings is 2. The number of hydrogen-bond acceptors (Lipinski definition) is 1. The molecule has 0 saturated carbocycles. The molecular weight excluding hydrogens is 232 g/mol. The molecule has 0 aliphatic carbocycles. The summed E-state index contributed by atoms with van der Waals surface area (Å²) in [7, 11) is 0. The first-order chi connectivity index (χ1) is 8.60. The summed E-state index contributed by atoms with van der Waals surface area (Å²) in [5.41, 5.74) is 2.62. The molecule has 2 aromatic rings. The Morgan fingerprint density at radius 2 is 1.89 bits per heavy atom. The predicted octanol–water partition coefficient (Wildman–Crippen LogP) is 3.74. The second-order valence-corrected chi connectivity index (χ2v) is 4.17. The van der Waals surface area contributed by atoms with Gasteiger partial charge in [0.25, 0.3) is 0 Å². The fraction of sp³-hybridized carbons (Fsp3) is 0.133. The van der Waals surface area contributed by atoms with Crippen molar-refractivity contribution >= 4 is 0 Å². The molecule has 0 saturated heterocycles. The normalized spacial score (nSPS) is 10.1. The molecule has 0 amide bonds. The molecule has 2 aromatic carbocycles. The maximum atomic E-state index is 13.2. The molecule has 0 atom stereocenters. The average molecular weight is 243 g/mol. The molecule has 0 unspecified atom stereocenters. The molecule has 0 radical (unpaired) electrons. The van der Waals surface area contributed by atoms with Crippen LogP contribution in [0.2, 0.25) is 0 Å². The molecule has 3 heteroatoms. The van der Waals surface area contributed by atoms with Gasteiger partial charge >= 0.3 is 0 Å². The van der Waals surface area contributed by atoms with E-state index in [1.165, 1.54) is 24.3 Å². The van der Waals surface area contributed by atoms with Crippen molar-refractivity contribution in [2.75, 3.05) is 0 Å². The summed E-state index contributed by atoms with van der Waals surface area (Å²) in [6, 6.07) is 10.8. The van der Waals surface area contributed by atoms with Crippen molar-refractivity contribution in [1.29, 1.82) is 5.26 Å². The molecule has 90 valence electrons. The van der Waals surface area contributed by atoms with Gasteiger partial charge < -0.3 is 0 Å². The Morgan fingerprint density at radius 3 is 2.61 bits per heavy atom. The van der Waals surface area contributed by atoms with Gasteiger partial charge in [-0.25, -0.2) is 8.78 Å². The van der Waals surface area contributed by atoms with Crippen LogP contribution in [0.3, 0.4) is 0 Å². The Hall–Kier alpha value is -2.21. The second-order valence-electron chi connectivity index (χ2n) is 4.17. The van der Waals surface area contributed by atoms with E-state index in [4.69, 9.17) is 5.26 Å². The van der Waals surface area contributed by atoms with Crippen molar-refractivity contribution in [3.8, 4) is 6.07 Å². The monoisotopic (exact) mass is 243 g/mol. The van der Waals surface area contributed by atoms with Gasteiger partial charge in [0, 0.05) is 0 Å². The first-order valence-electron chi connectivity index (χ1n) is 5.53. The van der Waals surface area contributed by atoms with Gasteiger partial charge in [0.1, 0.15) is 17.7 Å².